The second kappa shape index (κ2) is 8.62. The number of hydrogen-bond acceptors (Lipinski definition) is 4. The highest BCUT2D eigenvalue weighted by Gasteiger charge is 2.30. The molecule has 0 aliphatic rings. The lowest BCUT2D eigenvalue weighted by Gasteiger charge is -2.24. The van der Waals surface area contributed by atoms with E-state index in [1.54, 1.807) is 50.2 Å². The maximum absolute atomic E-state index is 12.7. The number of carbonyl (C=O) groups excluding carboxylic acids is 1. The molecule has 5 nitrogen and oxygen atoms in total. The van der Waals surface area contributed by atoms with Gasteiger partial charge in [-0.3, -0.25) is 4.79 Å². The molecule has 1 amide bonds. The Labute approximate surface area is 151 Å². The second-order valence-corrected chi connectivity index (χ2v) is 5.81. The van der Waals surface area contributed by atoms with Crippen molar-refractivity contribution in [2.45, 2.75) is 32.5 Å². The summed E-state index contributed by atoms with van der Waals surface area (Å²) in [6, 6.07) is 13.7. The number of benzene rings is 2. The molecule has 1 unspecified atom stereocenters. The zero-order chi connectivity index (χ0) is 19.2. The molecule has 2 aromatic rings. The Balaban J connectivity index is 2.18. The number of amides is 1. The molecule has 26 heavy (non-hydrogen) atoms. The summed E-state index contributed by atoms with van der Waals surface area (Å²) in [5, 5.41) is 2.68. The third-order valence-electron chi connectivity index (χ3n) is 3.85. The van der Waals surface area contributed by atoms with E-state index in [0.29, 0.717) is 17.7 Å². The molecule has 0 aliphatic carbocycles. The Hall–Kier alpha value is -2.67. The summed E-state index contributed by atoms with van der Waals surface area (Å²) in [6.45, 7) is 0.590. The fourth-order valence-electron chi connectivity index (χ4n) is 2.47. The van der Waals surface area contributed by atoms with Gasteiger partial charge in [-0.1, -0.05) is 42.5 Å². The van der Waals surface area contributed by atoms with Crippen LogP contribution in [0.1, 0.15) is 25.0 Å². The number of nitrogens with two attached hydrogens (primary N) is 1. The number of rotatable bonds is 8. The van der Waals surface area contributed by atoms with Crippen molar-refractivity contribution >= 4 is 5.91 Å². The van der Waals surface area contributed by atoms with Crippen LogP contribution in [0.25, 0.3) is 0 Å². The molecule has 0 saturated carbocycles. The first kappa shape index (κ1) is 19.7. The first-order valence-electron chi connectivity index (χ1n) is 8.18. The van der Waals surface area contributed by atoms with Crippen molar-refractivity contribution in [3.63, 3.8) is 0 Å². The Kier molecular flexibility index (Phi) is 6.52. The number of halogens is 2. The number of ether oxygens (including phenoxy) is 2. The van der Waals surface area contributed by atoms with Crippen LogP contribution in [0, 0.1) is 0 Å². The van der Waals surface area contributed by atoms with Gasteiger partial charge in [0.05, 0.1) is 6.61 Å². The van der Waals surface area contributed by atoms with Gasteiger partial charge in [-0.2, -0.15) is 8.78 Å². The number of alkyl halides is 2. The van der Waals surface area contributed by atoms with Crippen molar-refractivity contribution in [3.8, 4) is 11.5 Å². The van der Waals surface area contributed by atoms with E-state index < -0.39 is 18.1 Å². The molecule has 3 N–H and O–H groups in total. The molecule has 0 fully saturated rings. The van der Waals surface area contributed by atoms with Crippen LogP contribution in [0.5, 0.6) is 11.5 Å². The summed E-state index contributed by atoms with van der Waals surface area (Å²) in [4.78, 5) is 12.5. The molecule has 2 rings (SSSR count). The molecule has 2 aromatic carbocycles. The van der Waals surface area contributed by atoms with Crippen LogP contribution >= 0.6 is 0 Å². The van der Waals surface area contributed by atoms with Crippen molar-refractivity contribution in [1.29, 1.82) is 0 Å². The van der Waals surface area contributed by atoms with E-state index in [4.69, 9.17) is 10.5 Å². The van der Waals surface area contributed by atoms with E-state index in [2.05, 4.69) is 10.1 Å². The van der Waals surface area contributed by atoms with E-state index in [1.165, 1.54) is 6.07 Å². The zero-order valence-corrected chi connectivity index (χ0v) is 14.7. The zero-order valence-electron chi connectivity index (χ0n) is 14.7. The number of hydrogen-bond donors (Lipinski definition) is 2. The third-order valence-corrected chi connectivity index (χ3v) is 3.85. The number of para-hydroxylation sites is 1. The summed E-state index contributed by atoms with van der Waals surface area (Å²) in [7, 11) is 0. The van der Waals surface area contributed by atoms with Gasteiger partial charge < -0.3 is 20.5 Å². The Bertz CT molecular complexity index is 737. The first-order chi connectivity index (χ1) is 12.4. The Morgan fingerprint density at radius 1 is 1.19 bits per heavy atom. The minimum Gasteiger partial charge on any atom is -0.490 e. The van der Waals surface area contributed by atoms with Gasteiger partial charge in [-0.05, 0) is 25.5 Å². The van der Waals surface area contributed by atoms with E-state index in [1.807, 2.05) is 6.07 Å². The van der Waals surface area contributed by atoms with E-state index >= 15 is 0 Å². The van der Waals surface area contributed by atoms with Crippen LogP contribution in [0.15, 0.2) is 48.5 Å². The van der Waals surface area contributed by atoms with Gasteiger partial charge in [0.1, 0.15) is 5.54 Å². The van der Waals surface area contributed by atoms with Gasteiger partial charge in [-0.15, -0.1) is 0 Å². The van der Waals surface area contributed by atoms with Crippen LogP contribution in [0.4, 0.5) is 8.78 Å². The normalized spacial score (nSPS) is 13.2. The number of carbonyl (C=O) groups is 1. The fourth-order valence-corrected chi connectivity index (χ4v) is 2.47. The smallest absolute Gasteiger partial charge is 0.387 e. The highest BCUT2D eigenvalue weighted by Crippen LogP contribution is 2.33. The predicted octanol–water partition coefficient (Wildman–Crippen LogP) is 3.18. The van der Waals surface area contributed by atoms with Gasteiger partial charge in [-0.25, -0.2) is 0 Å². The molecule has 7 heteroatoms. The fraction of sp³-hybridized carbons (Fsp3) is 0.316. The second-order valence-electron chi connectivity index (χ2n) is 5.81. The Morgan fingerprint density at radius 2 is 1.88 bits per heavy atom. The topological polar surface area (TPSA) is 73.6 Å². The van der Waals surface area contributed by atoms with E-state index in [0.717, 1.165) is 0 Å². The third kappa shape index (κ3) is 4.70. The van der Waals surface area contributed by atoms with E-state index in [-0.39, 0.29) is 18.0 Å². The standard InChI is InChI=1S/C19H22F2N2O3/c1-3-25-15-11-7-8-13(16(15)26-18(20)21)12-23-17(24)19(2,22)14-9-5-4-6-10-14/h4-11,18H,3,12,22H2,1-2H3,(H,23,24). The quantitative estimate of drug-likeness (QED) is 0.755. The molecule has 0 bridgehead atoms. The number of nitrogens with one attached hydrogen (secondary N) is 1. The van der Waals surface area contributed by atoms with Crippen molar-refractivity contribution in [2.75, 3.05) is 6.61 Å². The molecule has 0 aliphatic heterocycles. The molecule has 140 valence electrons. The molecule has 0 saturated heterocycles. The van der Waals surface area contributed by atoms with E-state index in [9.17, 15) is 13.6 Å². The van der Waals surface area contributed by atoms with Gasteiger partial charge in [0.2, 0.25) is 5.91 Å². The molecular formula is C19H22F2N2O3. The minimum atomic E-state index is -3.00. The first-order valence-corrected chi connectivity index (χ1v) is 8.18. The predicted molar refractivity (Wildman–Crippen MR) is 94.1 cm³/mol. The van der Waals surface area contributed by atoms with Crippen molar-refractivity contribution in [3.05, 3.63) is 59.7 Å². The lowest BCUT2D eigenvalue weighted by atomic mass is 9.92. The van der Waals surface area contributed by atoms with Crippen LogP contribution in [0.2, 0.25) is 0 Å². The summed E-state index contributed by atoms with van der Waals surface area (Å²) < 4.78 is 35.4. The molecule has 0 aromatic heterocycles. The lowest BCUT2D eigenvalue weighted by Crippen LogP contribution is -2.48. The Morgan fingerprint density at radius 3 is 2.50 bits per heavy atom. The van der Waals surface area contributed by atoms with Gasteiger partial charge in [0.25, 0.3) is 0 Å². The summed E-state index contributed by atoms with van der Waals surface area (Å²) in [6.07, 6.45) is 0. The molecule has 1 atom stereocenters. The minimum absolute atomic E-state index is 0.0264. The lowest BCUT2D eigenvalue weighted by molar-refractivity contribution is -0.126. The van der Waals surface area contributed by atoms with Crippen LogP contribution in [-0.4, -0.2) is 19.1 Å². The summed E-state index contributed by atoms with van der Waals surface area (Å²) in [5.41, 5.74) is 5.90. The van der Waals surface area contributed by atoms with Crippen molar-refractivity contribution in [2.24, 2.45) is 5.73 Å². The van der Waals surface area contributed by atoms with Crippen LogP contribution in [0.3, 0.4) is 0 Å². The van der Waals surface area contributed by atoms with Crippen LogP contribution in [-0.2, 0) is 16.9 Å². The van der Waals surface area contributed by atoms with Gasteiger partial charge in [0, 0.05) is 12.1 Å². The SMILES string of the molecule is CCOc1cccc(CNC(=O)C(C)(N)c2ccccc2)c1OC(F)F. The van der Waals surface area contributed by atoms with Crippen molar-refractivity contribution in [1.82, 2.24) is 5.32 Å². The summed E-state index contributed by atoms with van der Waals surface area (Å²) >= 11 is 0. The monoisotopic (exact) mass is 364 g/mol. The average molecular weight is 364 g/mol. The maximum atomic E-state index is 12.7. The van der Waals surface area contributed by atoms with Gasteiger partial charge in [0.15, 0.2) is 11.5 Å². The maximum Gasteiger partial charge on any atom is 0.387 e. The van der Waals surface area contributed by atoms with Crippen molar-refractivity contribution < 1.29 is 23.0 Å². The molecular weight excluding hydrogens is 342 g/mol. The molecule has 0 spiro atoms. The highest BCUT2D eigenvalue weighted by molar-refractivity contribution is 5.87. The summed E-state index contributed by atoms with van der Waals surface area (Å²) in [5.74, 6) is -0.338. The van der Waals surface area contributed by atoms with Gasteiger partial charge >= 0.3 is 6.61 Å². The molecule has 0 heterocycles. The highest BCUT2D eigenvalue weighted by atomic mass is 19.3. The van der Waals surface area contributed by atoms with Crippen LogP contribution < -0.4 is 20.5 Å². The average Bonchev–Trinajstić information content (AvgIpc) is 2.62. The largest absolute Gasteiger partial charge is 0.490 e. The molecule has 0 radical (unpaired) electrons.